The van der Waals surface area contributed by atoms with Gasteiger partial charge in [-0.15, -0.1) is 11.6 Å². The molecule has 0 aliphatic carbocycles. The Balaban J connectivity index is 2.74. The highest BCUT2D eigenvalue weighted by atomic mass is 35.5. The van der Waals surface area contributed by atoms with Crippen LogP contribution in [0.25, 0.3) is 0 Å². The van der Waals surface area contributed by atoms with Gasteiger partial charge >= 0.3 is 0 Å². The fourth-order valence-corrected chi connectivity index (χ4v) is 3.09. The largest absolute Gasteiger partial charge is 0.396 e. The van der Waals surface area contributed by atoms with Gasteiger partial charge in [0, 0.05) is 19.0 Å². The molecule has 0 bridgehead atoms. The monoisotopic (exact) mass is 305 g/mol. The second-order valence-corrected chi connectivity index (χ2v) is 6.45. The number of alkyl halides is 1. The molecule has 0 spiro atoms. The van der Waals surface area contributed by atoms with E-state index in [1.807, 2.05) is 6.92 Å². The van der Waals surface area contributed by atoms with Crippen molar-refractivity contribution < 1.29 is 13.5 Å². The Morgan fingerprint density at radius 3 is 2.74 bits per heavy atom. The molecule has 0 aromatic heterocycles. The van der Waals surface area contributed by atoms with Crippen molar-refractivity contribution in [3.63, 3.8) is 0 Å². The van der Waals surface area contributed by atoms with Crippen molar-refractivity contribution in [1.82, 2.24) is 4.72 Å². The van der Waals surface area contributed by atoms with Crippen LogP contribution in [0.5, 0.6) is 0 Å². The van der Waals surface area contributed by atoms with Gasteiger partial charge in [-0.2, -0.15) is 0 Å². The Morgan fingerprint density at radius 2 is 2.16 bits per heavy atom. The molecule has 0 radical (unpaired) electrons. The van der Waals surface area contributed by atoms with E-state index in [1.165, 1.54) is 0 Å². The Morgan fingerprint density at radius 1 is 1.42 bits per heavy atom. The third-order valence-corrected chi connectivity index (χ3v) is 4.77. The molecule has 0 saturated heterocycles. The summed E-state index contributed by atoms with van der Waals surface area (Å²) in [5.41, 5.74) is 0.770. The van der Waals surface area contributed by atoms with Crippen molar-refractivity contribution in [2.45, 2.75) is 30.5 Å². The van der Waals surface area contributed by atoms with E-state index >= 15 is 0 Å². The van der Waals surface area contributed by atoms with E-state index in [-0.39, 0.29) is 23.3 Å². The molecule has 1 atom stereocenters. The number of halogens is 1. The molecular weight excluding hydrogens is 286 g/mol. The van der Waals surface area contributed by atoms with E-state index in [1.54, 1.807) is 24.3 Å². The highest BCUT2D eigenvalue weighted by Gasteiger charge is 2.16. The number of aliphatic hydroxyl groups is 1. The first-order chi connectivity index (χ1) is 9.03. The molecule has 1 aromatic carbocycles. The van der Waals surface area contributed by atoms with Crippen LogP contribution in [0.2, 0.25) is 0 Å². The maximum atomic E-state index is 12.1. The third kappa shape index (κ3) is 5.10. The number of rotatable bonds is 8. The Kier molecular flexibility index (Phi) is 6.79. The maximum absolute atomic E-state index is 12.1. The molecule has 4 nitrogen and oxygen atoms in total. The minimum atomic E-state index is -3.51. The molecular formula is C13H20ClNO3S. The lowest BCUT2D eigenvalue weighted by molar-refractivity contribution is 0.254. The molecule has 0 fully saturated rings. The van der Waals surface area contributed by atoms with Gasteiger partial charge in [-0.3, -0.25) is 0 Å². The smallest absolute Gasteiger partial charge is 0.240 e. The molecule has 1 rings (SSSR count). The van der Waals surface area contributed by atoms with Crippen LogP contribution >= 0.6 is 11.6 Å². The summed E-state index contributed by atoms with van der Waals surface area (Å²) < 4.78 is 26.8. The lowest BCUT2D eigenvalue weighted by Gasteiger charge is -2.14. The zero-order valence-electron chi connectivity index (χ0n) is 11.0. The average Bonchev–Trinajstić information content (AvgIpc) is 2.43. The van der Waals surface area contributed by atoms with Gasteiger partial charge in [0.1, 0.15) is 0 Å². The summed E-state index contributed by atoms with van der Waals surface area (Å²) in [5, 5.41) is 8.89. The molecule has 1 unspecified atom stereocenters. The molecule has 0 aliphatic heterocycles. The fraction of sp³-hybridized carbons (Fsp3) is 0.538. The molecule has 0 amide bonds. The minimum Gasteiger partial charge on any atom is -0.396 e. The number of aliphatic hydroxyl groups excluding tert-OH is 1. The molecule has 2 N–H and O–H groups in total. The number of hydrogen-bond acceptors (Lipinski definition) is 3. The summed E-state index contributed by atoms with van der Waals surface area (Å²) in [7, 11) is -3.51. The quantitative estimate of drug-likeness (QED) is 0.723. The molecule has 108 valence electrons. The fourth-order valence-electron chi connectivity index (χ4n) is 1.74. The Labute approximate surface area is 119 Å². The van der Waals surface area contributed by atoms with Crippen LogP contribution in [-0.2, 0) is 15.9 Å². The number of nitrogens with one attached hydrogen (secondary N) is 1. The summed E-state index contributed by atoms with van der Waals surface area (Å²) in [6.45, 7) is 2.38. The van der Waals surface area contributed by atoms with Crippen LogP contribution < -0.4 is 4.72 Å². The van der Waals surface area contributed by atoms with Gasteiger partial charge < -0.3 is 5.11 Å². The summed E-state index contributed by atoms with van der Waals surface area (Å²) >= 11 is 5.70. The molecule has 0 heterocycles. The normalized spacial score (nSPS) is 13.4. The lowest BCUT2D eigenvalue weighted by atomic mass is 10.0. The van der Waals surface area contributed by atoms with Gasteiger partial charge in [-0.1, -0.05) is 25.5 Å². The van der Waals surface area contributed by atoms with Crippen LogP contribution in [0, 0.1) is 5.92 Å². The maximum Gasteiger partial charge on any atom is 0.240 e. The van der Waals surface area contributed by atoms with Crippen molar-refractivity contribution in [2.24, 2.45) is 5.92 Å². The Bertz CT molecular complexity index is 490. The van der Waals surface area contributed by atoms with Gasteiger partial charge in [0.15, 0.2) is 0 Å². The van der Waals surface area contributed by atoms with Gasteiger partial charge in [0.25, 0.3) is 0 Å². The summed E-state index contributed by atoms with van der Waals surface area (Å²) in [6.07, 6.45) is 1.42. The molecule has 0 aliphatic rings. The molecule has 0 saturated carbocycles. The predicted molar refractivity (Wildman–Crippen MR) is 76.7 cm³/mol. The second-order valence-electron chi connectivity index (χ2n) is 4.42. The molecule has 19 heavy (non-hydrogen) atoms. The SMILES string of the molecule is CCC(CCO)CNS(=O)(=O)c1cccc(CCl)c1. The van der Waals surface area contributed by atoms with Gasteiger partial charge in [-0.25, -0.2) is 13.1 Å². The van der Waals surface area contributed by atoms with Crippen molar-refractivity contribution >= 4 is 21.6 Å². The van der Waals surface area contributed by atoms with Crippen molar-refractivity contribution in [3.8, 4) is 0 Å². The van der Waals surface area contributed by atoms with Gasteiger partial charge in [0.05, 0.1) is 4.90 Å². The first kappa shape index (κ1) is 16.4. The van der Waals surface area contributed by atoms with E-state index in [4.69, 9.17) is 16.7 Å². The number of sulfonamides is 1. The van der Waals surface area contributed by atoms with Crippen molar-refractivity contribution in [1.29, 1.82) is 0 Å². The van der Waals surface area contributed by atoms with E-state index in [9.17, 15) is 8.42 Å². The van der Waals surface area contributed by atoms with Crippen molar-refractivity contribution in [3.05, 3.63) is 29.8 Å². The number of benzene rings is 1. The zero-order chi connectivity index (χ0) is 14.3. The van der Waals surface area contributed by atoms with E-state index in [0.29, 0.717) is 13.0 Å². The third-order valence-electron chi connectivity index (χ3n) is 3.04. The topological polar surface area (TPSA) is 66.4 Å². The predicted octanol–water partition coefficient (Wildman–Crippen LogP) is 2.11. The summed E-state index contributed by atoms with van der Waals surface area (Å²) in [4.78, 5) is 0.226. The number of hydrogen-bond donors (Lipinski definition) is 2. The first-order valence-corrected chi connectivity index (χ1v) is 8.30. The minimum absolute atomic E-state index is 0.0714. The average molecular weight is 306 g/mol. The Hall–Kier alpha value is -0.620. The van der Waals surface area contributed by atoms with Crippen LogP contribution in [0.1, 0.15) is 25.3 Å². The summed E-state index contributed by atoms with van der Waals surface area (Å²) in [6, 6.07) is 6.58. The standard InChI is InChI=1S/C13H20ClNO3S/c1-2-11(6-7-16)10-15-19(17,18)13-5-3-4-12(8-13)9-14/h3-5,8,11,15-16H,2,6-7,9-10H2,1H3. The van der Waals surface area contributed by atoms with Crippen LogP contribution in [0.4, 0.5) is 0 Å². The lowest BCUT2D eigenvalue weighted by Crippen LogP contribution is -2.29. The van der Waals surface area contributed by atoms with Crippen LogP contribution in [0.15, 0.2) is 29.2 Å². The van der Waals surface area contributed by atoms with E-state index in [0.717, 1.165) is 12.0 Å². The van der Waals surface area contributed by atoms with Gasteiger partial charge in [-0.05, 0) is 30.0 Å². The van der Waals surface area contributed by atoms with Crippen LogP contribution in [-0.4, -0.2) is 26.7 Å². The van der Waals surface area contributed by atoms with E-state index < -0.39 is 10.0 Å². The molecule has 6 heteroatoms. The van der Waals surface area contributed by atoms with Crippen molar-refractivity contribution in [2.75, 3.05) is 13.2 Å². The highest BCUT2D eigenvalue weighted by molar-refractivity contribution is 7.89. The zero-order valence-corrected chi connectivity index (χ0v) is 12.5. The highest BCUT2D eigenvalue weighted by Crippen LogP contribution is 2.14. The molecule has 1 aromatic rings. The first-order valence-electron chi connectivity index (χ1n) is 6.29. The van der Waals surface area contributed by atoms with Crippen LogP contribution in [0.3, 0.4) is 0 Å². The second kappa shape index (κ2) is 7.85. The summed E-state index contributed by atoms with van der Waals surface area (Å²) in [5.74, 6) is 0.432. The van der Waals surface area contributed by atoms with E-state index in [2.05, 4.69) is 4.72 Å². The van der Waals surface area contributed by atoms with Gasteiger partial charge in [0.2, 0.25) is 10.0 Å².